The van der Waals surface area contributed by atoms with Crippen LogP contribution in [0.15, 0.2) is 0 Å². The van der Waals surface area contributed by atoms with Crippen LogP contribution in [0.2, 0.25) is 0 Å². The zero-order chi connectivity index (χ0) is 11.3. The van der Waals surface area contributed by atoms with Gasteiger partial charge in [-0.15, -0.1) is 0 Å². The van der Waals surface area contributed by atoms with Crippen LogP contribution in [-0.2, 0) is 0 Å². The van der Waals surface area contributed by atoms with E-state index in [-0.39, 0.29) is 0 Å². The summed E-state index contributed by atoms with van der Waals surface area (Å²) in [5.41, 5.74) is -0.574. The van der Waals surface area contributed by atoms with Crippen LogP contribution in [0, 0.1) is 0 Å². The second kappa shape index (κ2) is 6.09. The fourth-order valence-electron chi connectivity index (χ4n) is 2.06. The third-order valence-electron chi connectivity index (χ3n) is 2.85. The van der Waals surface area contributed by atoms with E-state index in [0.717, 1.165) is 12.3 Å². The molecule has 1 rings (SSSR count). The number of hydrogen-bond acceptors (Lipinski definition) is 4. The number of rotatable bonds is 5. The van der Waals surface area contributed by atoms with Gasteiger partial charge in [-0.05, 0) is 39.6 Å². The highest BCUT2D eigenvalue weighted by molar-refractivity contribution is 7.98. The summed E-state index contributed by atoms with van der Waals surface area (Å²) in [6, 6.07) is 0.553. The fraction of sp³-hybridized carbons (Fsp3) is 1.00. The molecular weight excluding hydrogens is 208 g/mol. The molecule has 0 amide bonds. The Morgan fingerprint density at radius 3 is 2.93 bits per heavy atom. The summed E-state index contributed by atoms with van der Waals surface area (Å²) >= 11 is 1.70. The van der Waals surface area contributed by atoms with Crippen LogP contribution in [0.4, 0.5) is 0 Å². The van der Waals surface area contributed by atoms with Gasteiger partial charge in [-0.2, -0.15) is 11.8 Å². The van der Waals surface area contributed by atoms with Crippen LogP contribution in [0.3, 0.4) is 0 Å². The Morgan fingerprint density at radius 1 is 1.60 bits per heavy atom. The van der Waals surface area contributed by atoms with Gasteiger partial charge in [0.1, 0.15) is 0 Å². The van der Waals surface area contributed by atoms with Crippen molar-refractivity contribution in [3.63, 3.8) is 0 Å². The molecule has 0 radical (unpaired) electrons. The monoisotopic (exact) mass is 232 g/mol. The third-order valence-corrected chi connectivity index (χ3v) is 3.76. The van der Waals surface area contributed by atoms with Gasteiger partial charge in [0.2, 0.25) is 0 Å². The van der Waals surface area contributed by atoms with Gasteiger partial charge in [0.05, 0.1) is 5.60 Å². The van der Waals surface area contributed by atoms with Crippen molar-refractivity contribution in [3.8, 4) is 0 Å². The smallest absolute Gasteiger partial charge is 0.0833 e. The van der Waals surface area contributed by atoms with Crippen molar-refractivity contribution in [1.82, 2.24) is 10.2 Å². The molecular formula is C11H24N2OS. The molecule has 90 valence electrons. The van der Waals surface area contributed by atoms with Crippen molar-refractivity contribution < 1.29 is 5.11 Å². The van der Waals surface area contributed by atoms with Crippen molar-refractivity contribution in [2.24, 2.45) is 0 Å². The third kappa shape index (κ3) is 5.20. The molecule has 2 unspecified atom stereocenters. The van der Waals surface area contributed by atoms with Gasteiger partial charge < -0.3 is 15.3 Å². The Hall–Kier alpha value is 0.230. The fourth-order valence-corrected chi connectivity index (χ4v) is 2.78. The Labute approximate surface area is 97.6 Å². The molecule has 0 saturated carbocycles. The lowest BCUT2D eigenvalue weighted by Crippen LogP contribution is -2.49. The molecule has 1 aliphatic rings. The number of aliphatic hydroxyl groups is 1. The first-order valence-corrected chi connectivity index (χ1v) is 7.06. The van der Waals surface area contributed by atoms with Crippen molar-refractivity contribution in [2.45, 2.75) is 31.4 Å². The maximum absolute atomic E-state index is 10.0. The number of likely N-dealkylation sites (N-methyl/N-ethyl adjacent to an activating group) is 1. The molecule has 4 heteroatoms. The van der Waals surface area contributed by atoms with E-state index in [9.17, 15) is 5.11 Å². The van der Waals surface area contributed by atoms with Crippen molar-refractivity contribution >= 4 is 11.8 Å². The highest BCUT2D eigenvalue weighted by Gasteiger charge is 2.23. The lowest BCUT2D eigenvalue weighted by atomic mass is 10.0. The van der Waals surface area contributed by atoms with E-state index in [1.54, 1.807) is 11.8 Å². The van der Waals surface area contributed by atoms with Crippen LogP contribution in [-0.4, -0.2) is 60.3 Å². The van der Waals surface area contributed by atoms with E-state index in [1.165, 1.54) is 19.4 Å². The van der Waals surface area contributed by atoms with E-state index in [2.05, 4.69) is 17.3 Å². The summed E-state index contributed by atoms with van der Waals surface area (Å²) in [6.45, 7) is 4.92. The average Bonchev–Trinajstić information content (AvgIpc) is 2.15. The quantitative estimate of drug-likeness (QED) is 0.734. The van der Waals surface area contributed by atoms with Gasteiger partial charge in [0.15, 0.2) is 0 Å². The summed E-state index contributed by atoms with van der Waals surface area (Å²) in [5, 5.41) is 13.5. The molecule has 1 aliphatic heterocycles. The summed E-state index contributed by atoms with van der Waals surface area (Å²) in [6.07, 6.45) is 4.53. The number of nitrogens with zero attached hydrogens (tertiary/aromatic N) is 1. The average molecular weight is 232 g/mol. The summed E-state index contributed by atoms with van der Waals surface area (Å²) in [5.74, 6) is 0.794. The molecule has 0 aromatic rings. The molecule has 0 aromatic heterocycles. The van der Waals surface area contributed by atoms with Crippen molar-refractivity contribution in [1.29, 1.82) is 0 Å². The lowest BCUT2D eigenvalue weighted by Gasteiger charge is -2.33. The van der Waals surface area contributed by atoms with Crippen molar-refractivity contribution in [2.75, 3.05) is 38.7 Å². The largest absolute Gasteiger partial charge is 0.388 e. The first-order valence-electron chi connectivity index (χ1n) is 5.67. The lowest BCUT2D eigenvalue weighted by molar-refractivity contribution is 0.0766. The maximum atomic E-state index is 10.0. The van der Waals surface area contributed by atoms with E-state index < -0.39 is 5.60 Å². The molecule has 2 atom stereocenters. The topological polar surface area (TPSA) is 35.5 Å². The van der Waals surface area contributed by atoms with Crippen LogP contribution in [0.5, 0.6) is 0 Å². The highest BCUT2D eigenvalue weighted by atomic mass is 32.2. The molecule has 1 saturated heterocycles. The molecule has 1 fully saturated rings. The Morgan fingerprint density at radius 2 is 2.33 bits per heavy atom. The summed E-state index contributed by atoms with van der Waals surface area (Å²) in [7, 11) is 2.16. The first-order chi connectivity index (χ1) is 7.03. The van der Waals surface area contributed by atoms with E-state index in [0.29, 0.717) is 12.6 Å². The van der Waals surface area contributed by atoms with E-state index in [1.807, 2.05) is 13.2 Å². The van der Waals surface area contributed by atoms with Crippen LogP contribution in [0.1, 0.15) is 19.8 Å². The predicted octanol–water partition coefficient (Wildman–Crippen LogP) is 0.784. The minimum Gasteiger partial charge on any atom is -0.388 e. The van der Waals surface area contributed by atoms with Gasteiger partial charge >= 0.3 is 0 Å². The van der Waals surface area contributed by atoms with Gasteiger partial charge in [0.25, 0.3) is 0 Å². The van der Waals surface area contributed by atoms with Crippen LogP contribution < -0.4 is 5.32 Å². The molecule has 3 nitrogen and oxygen atoms in total. The zero-order valence-electron chi connectivity index (χ0n) is 10.1. The first kappa shape index (κ1) is 13.3. The molecule has 15 heavy (non-hydrogen) atoms. The number of thioether (sulfide) groups is 1. The summed E-state index contributed by atoms with van der Waals surface area (Å²) < 4.78 is 0. The minimum atomic E-state index is -0.574. The standard InChI is InChI=1S/C11H24N2OS/c1-11(14,9-15-3)8-12-10-5-4-6-13(2)7-10/h10,12,14H,4-9H2,1-3H3. The Kier molecular flexibility index (Phi) is 5.39. The molecule has 0 bridgehead atoms. The Balaban J connectivity index is 2.23. The second-order valence-electron chi connectivity index (χ2n) is 4.91. The number of hydrogen-bond donors (Lipinski definition) is 2. The molecule has 0 aromatic carbocycles. The normalized spacial score (nSPS) is 27.6. The number of likely N-dealkylation sites (tertiary alicyclic amines) is 1. The highest BCUT2D eigenvalue weighted by Crippen LogP contribution is 2.12. The SMILES string of the molecule is CSCC(C)(O)CNC1CCCN(C)C1. The van der Waals surface area contributed by atoms with Crippen LogP contribution >= 0.6 is 11.8 Å². The van der Waals surface area contributed by atoms with E-state index >= 15 is 0 Å². The Bertz CT molecular complexity index is 187. The zero-order valence-corrected chi connectivity index (χ0v) is 10.9. The van der Waals surface area contributed by atoms with Crippen LogP contribution in [0.25, 0.3) is 0 Å². The van der Waals surface area contributed by atoms with Gasteiger partial charge in [-0.25, -0.2) is 0 Å². The number of nitrogens with one attached hydrogen (secondary N) is 1. The molecule has 0 aliphatic carbocycles. The van der Waals surface area contributed by atoms with E-state index in [4.69, 9.17) is 0 Å². The van der Waals surface area contributed by atoms with Gasteiger partial charge in [-0.1, -0.05) is 0 Å². The van der Waals surface area contributed by atoms with Crippen molar-refractivity contribution in [3.05, 3.63) is 0 Å². The minimum absolute atomic E-state index is 0.553. The van der Waals surface area contributed by atoms with Gasteiger partial charge in [0, 0.05) is 24.9 Å². The molecule has 2 N–H and O–H groups in total. The number of piperidine rings is 1. The maximum Gasteiger partial charge on any atom is 0.0833 e. The summed E-state index contributed by atoms with van der Waals surface area (Å²) in [4.78, 5) is 2.35. The second-order valence-corrected chi connectivity index (χ2v) is 5.78. The molecule has 1 heterocycles. The predicted molar refractivity (Wildman–Crippen MR) is 67.5 cm³/mol. The molecule has 0 spiro atoms. The van der Waals surface area contributed by atoms with Gasteiger partial charge in [-0.3, -0.25) is 0 Å².